The Morgan fingerprint density at radius 1 is 1.32 bits per heavy atom. The maximum Gasteiger partial charge on any atom is 0.124 e. The molecule has 1 fully saturated rings. The standard InChI is InChI=1S/C16H24N2O/c1-16(2)9-6-10-18(16)13-11-19-14-8-5-4-7-12(14)15(13)17-3/h4-5,7-8,13,15,17H,6,9-11H2,1-3H3. The normalized spacial score (nSPS) is 29.8. The van der Waals surface area contributed by atoms with E-state index in [0.29, 0.717) is 12.1 Å². The highest BCUT2D eigenvalue weighted by atomic mass is 16.5. The molecular weight excluding hydrogens is 236 g/mol. The van der Waals surface area contributed by atoms with E-state index in [1.54, 1.807) is 0 Å². The zero-order valence-corrected chi connectivity index (χ0v) is 12.1. The Kier molecular flexibility index (Phi) is 3.27. The molecule has 0 aromatic heterocycles. The van der Waals surface area contributed by atoms with Crippen molar-refractivity contribution in [2.24, 2.45) is 0 Å². The number of benzene rings is 1. The van der Waals surface area contributed by atoms with E-state index in [1.807, 2.05) is 6.07 Å². The molecule has 2 aliphatic rings. The summed E-state index contributed by atoms with van der Waals surface area (Å²) in [4.78, 5) is 2.63. The van der Waals surface area contributed by atoms with Crippen molar-refractivity contribution in [1.82, 2.24) is 10.2 Å². The summed E-state index contributed by atoms with van der Waals surface area (Å²) in [6, 6.07) is 9.20. The van der Waals surface area contributed by atoms with Crippen LogP contribution in [0.4, 0.5) is 0 Å². The van der Waals surface area contributed by atoms with E-state index in [1.165, 1.54) is 24.9 Å². The number of likely N-dealkylation sites (tertiary alicyclic amines) is 1. The van der Waals surface area contributed by atoms with Crippen molar-refractivity contribution in [3.8, 4) is 5.75 Å². The largest absolute Gasteiger partial charge is 0.492 e. The summed E-state index contributed by atoms with van der Waals surface area (Å²) in [5.74, 6) is 1.04. The van der Waals surface area contributed by atoms with Gasteiger partial charge in [-0.1, -0.05) is 18.2 Å². The van der Waals surface area contributed by atoms with Crippen molar-refractivity contribution >= 4 is 0 Å². The second-order valence-electron chi connectivity index (χ2n) is 6.29. The Hall–Kier alpha value is -1.06. The number of likely N-dealkylation sites (N-methyl/N-ethyl adjacent to an activating group) is 1. The number of ether oxygens (including phenoxy) is 1. The molecule has 0 radical (unpaired) electrons. The van der Waals surface area contributed by atoms with E-state index < -0.39 is 0 Å². The molecule has 2 unspecified atom stereocenters. The lowest BCUT2D eigenvalue weighted by atomic mass is 9.92. The van der Waals surface area contributed by atoms with Gasteiger partial charge in [-0.25, -0.2) is 0 Å². The van der Waals surface area contributed by atoms with Crippen LogP contribution < -0.4 is 10.1 Å². The van der Waals surface area contributed by atoms with Crippen LogP contribution in [0.1, 0.15) is 38.3 Å². The topological polar surface area (TPSA) is 24.5 Å². The number of hydrogen-bond acceptors (Lipinski definition) is 3. The quantitative estimate of drug-likeness (QED) is 0.884. The minimum atomic E-state index is 0.287. The summed E-state index contributed by atoms with van der Waals surface area (Å²) >= 11 is 0. The summed E-state index contributed by atoms with van der Waals surface area (Å²) < 4.78 is 5.99. The average molecular weight is 260 g/mol. The van der Waals surface area contributed by atoms with Gasteiger partial charge < -0.3 is 10.1 Å². The van der Waals surface area contributed by atoms with Crippen LogP contribution in [0.15, 0.2) is 24.3 Å². The summed E-state index contributed by atoms with van der Waals surface area (Å²) in [7, 11) is 2.06. The fraction of sp³-hybridized carbons (Fsp3) is 0.625. The first-order valence-electron chi connectivity index (χ1n) is 7.29. The first-order valence-corrected chi connectivity index (χ1v) is 7.29. The fourth-order valence-electron chi connectivity index (χ4n) is 3.71. The fourth-order valence-corrected chi connectivity index (χ4v) is 3.71. The molecule has 0 saturated carbocycles. The van der Waals surface area contributed by atoms with Crippen LogP contribution in [0.5, 0.6) is 5.75 Å². The van der Waals surface area contributed by atoms with Crippen LogP contribution in [0.25, 0.3) is 0 Å². The highest BCUT2D eigenvalue weighted by Crippen LogP contribution is 2.39. The van der Waals surface area contributed by atoms with Crippen LogP contribution >= 0.6 is 0 Å². The summed E-state index contributed by atoms with van der Waals surface area (Å²) in [6.45, 7) is 6.67. The second-order valence-corrected chi connectivity index (χ2v) is 6.29. The van der Waals surface area contributed by atoms with Gasteiger partial charge in [0.1, 0.15) is 12.4 Å². The van der Waals surface area contributed by atoms with Gasteiger partial charge in [0.05, 0.1) is 12.1 Å². The molecule has 3 nitrogen and oxygen atoms in total. The molecule has 0 aliphatic carbocycles. The van der Waals surface area contributed by atoms with Gasteiger partial charge in [0.2, 0.25) is 0 Å². The van der Waals surface area contributed by atoms with E-state index in [9.17, 15) is 0 Å². The number of nitrogens with zero attached hydrogens (tertiary/aromatic N) is 1. The smallest absolute Gasteiger partial charge is 0.124 e. The van der Waals surface area contributed by atoms with Crippen LogP contribution in [-0.2, 0) is 0 Å². The SMILES string of the molecule is CNC1c2ccccc2OCC1N1CCCC1(C)C. The summed E-state index contributed by atoms with van der Waals surface area (Å²) in [5.41, 5.74) is 1.58. The highest BCUT2D eigenvalue weighted by molar-refractivity contribution is 5.39. The minimum Gasteiger partial charge on any atom is -0.492 e. The zero-order chi connectivity index (χ0) is 13.5. The van der Waals surface area contributed by atoms with E-state index in [4.69, 9.17) is 4.74 Å². The molecule has 19 heavy (non-hydrogen) atoms. The molecule has 2 atom stereocenters. The Morgan fingerprint density at radius 2 is 2.11 bits per heavy atom. The number of rotatable bonds is 2. The maximum absolute atomic E-state index is 5.99. The average Bonchev–Trinajstić information content (AvgIpc) is 2.77. The molecule has 0 spiro atoms. The predicted octanol–water partition coefficient (Wildman–Crippen LogP) is 2.58. The van der Waals surface area contributed by atoms with Crippen molar-refractivity contribution in [2.45, 2.75) is 44.3 Å². The minimum absolute atomic E-state index is 0.287. The molecule has 0 amide bonds. The third kappa shape index (κ3) is 2.15. The summed E-state index contributed by atoms with van der Waals surface area (Å²) in [5, 5.41) is 3.50. The van der Waals surface area contributed by atoms with Gasteiger partial charge >= 0.3 is 0 Å². The second kappa shape index (κ2) is 4.80. The molecule has 1 aromatic rings. The van der Waals surface area contributed by atoms with E-state index >= 15 is 0 Å². The first kappa shape index (κ1) is 12.9. The highest BCUT2D eigenvalue weighted by Gasteiger charge is 2.42. The van der Waals surface area contributed by atoms with Crippen molar-refractivity contribution in [3.63, 3.8) is 0 Å². The Bertz CT molecular complexity index is 458. The number of para-hydroxylation sites is 1. The third-order valence-corrected chi connectivity index (χ3v) is 4.72. The van der Waals surface area contributed by atoms with Gasteiger partial charge in [-0.05, 0) is 46.3 Å². The van der Waals surface area contributed by atoms with Crippen molar-refractivity contribution in [1.29, 1.82) is 0 Å². The molecule has 3 heteroatoms. The van der Waals surface area contributed by atoms with Crippen molar-refractivity contribution < 1.29 is 4.74 Å². The molecule has 2 heterocycles. The maximum atomic E-state index is 5.99. The van der Waals surface area contributed by atoms with E-state index in [0.717, 1.165) is 12.4 Å². The molecular formula is C16H24N2O. The monoisotopic (exact) mass is 260 g/mol. The molecule has 1 saturated heterocycles. The molecule has 3 rings (SSSR count). The lowest BCUT2D eigenvalue weighted by Gasteiger charge is -2.44. The molecule has 0 bridgehead atoms. The van der Waals surface area contributed by atoms with Crippen LogP contribution in [0, 0.1) is 0 Å². The van der Waals surface area contributed by atoms with Gasteiger partial charge in [0, 0.05) is 11.1 Å². The Morgan fingerprint density at radius 3 is 2.79 bits per heavy atom. The molecule has 2 aliphatic heterocycles. The summed E-state index contributed by atoms with van der Waals surface area (Å²) in [6.07, 6.45) is 2.57. The lowest BCUT2D eigenvalue weighted by molar-refractivity contribution is 0.0437. The zero-order valence-electron chi connectivity index (χ0n) is 12.1. The van der Waals surface area contributed by atoms with Gasteiger partial charge in [0.25, 0.3) is 0 Å². The van der Waals surface area contributed by atoms with Crippen LogP contribution in [0.2, 0.25) is 0 Å². The Labute approximate surface area is 115 Å². The van der Waals surface area contributed by atoms with Crippen LogP contribution in [-0.4, -0.2) is 36.7 Å². The first-order chi connectivity index (χ1) is 9.13. The lowest BCUT2D eigenvalue weighted by Crippen LogP contribution is -2.54. The van der Waals surface area contributed by atoms with Gasteiger partial charge in [-0.2, -0.15) is 0 Å². The van der Waals surface area contributed by atoms with Crippen molar-refractivity contribution in [2.75, 3.05) is 20.2 Å². The van der Waals surface area contributed by atoms with Crippen molar-refractivity contribution in [3.05, 3.63) is 29.8 Å². The van der Waals surface area contributed by atoms with E-state index in [2.05, 4.69) is 49.3 Å². The van der Waals surface area contributed by atoms with Crippen LogP contribution in [0.3, 0.4) is 0 Å². The van der Waals surface area contributed by atoms with Gasteiger partial charge in [0.15, 0.2) is 0 Å². The Balaban J connectivity index is 1.92. The number of nitrogens with one attached hydrogen (secondary N) is 1. The van der Waals surface area contributed by atoms with E-state index in [-0.39, 0.29) is 5.54 Å². The molecule has 104 valence electrons. The number of hydrogen-bond donors (Lipinski definition) is 1. The van der Waals surface area contributed by atoms with Gasteiger partial charge in [-0.15, -0.1) is 0 Å². The molecule has 1 N–H and O–H groups in total. The third-order valence-electron chi connectivity index (χ3n) is 4.72. The van der Waals surface area contributed by atoms with Gasteiger partial charge in [-0.3, -0.25) is 4.90 Å². The molecule has 1 aromatic carbocycles. The number of fused-ring (bicyclic) bond motifs is 1. The predicted molar refractivity (Wildman–Crippen MR) is 77.5 cm³/mol.